The molecule has 3 aromatic rings. The molecule has 2 aliphatic rings. The van der Waals surface area contributed by atoms with E-state index in [0.717, 1.165) is 30.2 Å². The Balaban J connectivity index is 1.37. The van der Waals surface area contributed by atoms with E-state index in [1.165, 1.54) is 4.90 Å². The molecule has 29 heavy (non-hydrogen) atoms. The summed E-state index contributed by atoms with van der Waals surface area (Å²) in [7, 11) is 1.61. The number of methoxy groups -OCH3 is 1. The van der Waals surface area contributed by atoms with Crippen molar-refractivity contribution in [2.24, 2.45) is 0 Å². The van der Waals surface area contributed by atoms with Crippen LogP contribution in [0.2, 0.25) is 0 Å². The number of rotatable bonds is 4. The highest BCUT2D eigenvalue weighted by Crippen LogP contribution is 2.38. The summed E-state index contributed by atoms with van der Waals surface area (Å²) in [6.45, 7) is 0. The number of amides is 2. The molecule has 1 N–H and O–H groups in total. The molecule has 2 atom stereocenters. The summed E-state index contributed by atoms with van der Waals surface area (Å²) >= 11 is 0. The third-order valence-electron chi connectivity index (χ3n) is 5.83. The highest BCUT2D eigenvalue weighted by atomic mass is 16.5. The highest BCUT2D eigenvalue weighted by molar-refractivity contribution is 6.21. The van der Waals surface area contributed by atoms with Crippen molar-refractivity contribution in [3.63, 3.8) is 0 Å². The molecule has 0 bridgehead atoms. The fourth-order valence-corrected chi connectivity index (χ4v) is 4.46. The number of nitrogens with zero attached hydrogens (tertiary/aromatic N) is 2. The smallest absolute Gasteiger partial charge is 0.261 e. The topological polar surface area (TPSA) is 84.5 Å². The van der Waals surface area contributed by atoms with Crippen LogP contribution in [0.15, 0.2) is 42.6 Å². The zero-order valence-corrected chi connectivity index (χ0v) is 16.1. The third-order valence-corrected chi connectivity index (χ3v) is 5.83. The molecule has 148 valence electrons. The largest absolute Gasteiger partial charge is 0.492 e. The molecule has 7 heteroatoms. The minimum absolute atomic E-state index is 0.101. The summed E-state index contributed by atoms with van der Waals surface area (Å²) in [5.74, 6) is 0.885. The summed E-state index contributed by atoms with van der Waals surface area (Å²) in [5.41, 5.74) is 1.86. The Morgan fingerprint density at radius 2 is 1.83 bits per heavy atom. The van der Waals surface area contributed by atoms with Gasteiger partial charge in [0.2, 0.25) is 0 Å². The molecule has 7 nitrogen and oxygen atoms in total. The van der Waals surface area contributed by atoms with Gasteiger partial charge in [-0.3, -0.25) is 19.6 Å². The van der Waals surface area contributed by atoms with Crippen LogP contribution in [0.3, 0.4) is 0 Å². The Hall–Kier alpha value is -3.35. The van der Waals surface area contributed by atoms with Gasteiger partial charge in [0.05, 0.1) is 35.3 Å². The number of imide groups is 1. The van der Waals surface area contributed by atoms with Crippen LogP contribution in [0.4, 0.5) is 0 Å². The first-order valence-electron chi connectivity index (χ1n) is 9.81. The van der Waals surface area contributed by atoms with Gasteiger partial charge in [-0.2, -0.15) is 5.10 Å². The zero-order chi connectivity index (χ0) is 20.0. The van der Waals surface area contributed by atoms with Crippen molar-refractivity contribution in [1.82, 2.24) is 15.1 Å². The predicted octanol–water partition coefficient (Wildman–Crippen LogP) is 3.56. The molecule has 1 aromatic heterocycles. The number of carbonyl (C=O) groups is 2. The molecule has 2 amide bonds. The van der Waals surface area contributed by atoms with Crippen LogP contribution < -0.4 is 9.47 Å². The van der Waals surface area contributed by atoms with Crippen LogP contribution >= 0.6 is 0 Å². The maximum Gasteiger partial charge on any atom is 0.261 e. The van der Waals surface area contributed by atoms with Gasteiger partial charge in [0.1, 0.15) is 6.10 Å². The van der Waals surface area contributed by atoms with E-state index < -0.39 is 0 Å². The van der Waals surface area contributed by atoms with E-state index in [-0.39, 0.29) is 24.0 Å². The number of aromatic nitrogens is 2. The van der Waals surface area contributed by atoms with E-state index in [9.17, 15) is 9.59 Å². The number of aromatic amines is 1. The van der Waals surface area contributed by atoms with Crippen molar-refractivity contribution in [1.29, 1.82) is 0 Å². The van der Waals surface area contributed by atoms with Crippen LogP contribution in [0.25, 0.3) is 10.9 Å². The molecular formula is C22H21N3O4. The molecule has 0 saturated heterocycles. The average Bonchev–Trinajstić information content (AvgIpc) is 3.31. The molecular weight excluding hydrogens is 370 g/mol. The monoisotopic (exact) mass is 391 g/mol. The molecule has 0 unspecified atom stereocenters. The van der Waals surface area contributed by atoms with Gasteiger partial charge in [0.25, 0.3) is 11.8 Å². The lowest BCUT2D eigenvalue weighted by Crippen LogP contribution is -2.44. The lowest BCUT2D eigenvalue weighted by atomic mass is 9.91. The number of carbonyl (C=O) groups excluding carboxylic acids is 2. The fourth-order valence-electron chi connectivity index (χ4n) is 4.46. The number of hydrogen-bond donors (Lipinski definition) is 1. The first-order valence-corrected chi connectivity index (χ1v) is 9.81. The van der Waals surface area contributed by atoms with Crippen LogP contribution in [-0.2, 0) is 0 Å². The fraction of sp³-hybridized carbons (Fsp3) is 0.318. The Morgan fingerprint density at radius 3 is 2.55 bits per heavy atom. The Bertz CT molecular complexity index is 1070. The third kappa shape index (κ3) is 2.85. The van der Waals surface area contributed by atoms with Gasteiger partial charge in [0.15, 0.2) is 11.5 Å². The quantitative estimate of drug-likeness (QED) is 0.688. The molecule has 1 aliphatic heterocycles. The minimum atomic E-state index is -0.200. The number of H-pyrrole nitrogens is 1. The number of benzene rings is 2. The molecule has 0 radical (unpaired) electrons. The van der Waals surface area contributed by atoms with Crippen LogP contribution in [0, 0.1) is 0 Å². The van der Waals surface area contributed by atoms with E-state index >= 15 is 0 Å². The standard InChI is InChI=1S/C22H21N3O4/c1-28-20-17-12-23-24-18(17)9-10-19(20)29-14-6-4-5-13(11-14)25-21(26)15-7-2-3-8-16(15)22(25)27/h2-3,7-10,12-14H,4-6,11H2,1H3,(H,23,24)/t13-,14+/m0/s1. The Kier molecular flexibility index (Phi) is 4.23. The van der Waals surface area contributed by atoms with Crippen LogP contribution in [0.5, 0.6) is 11.5 Å². The van der Waals surface area contributed by atoms with Gasteiger partial charge in [-0.15, -0.1) is 0 Å². The van der Waals surface area contributed by atoms with Crippen molar-refractivity contribution in [3.8, 4) is 11.5 Å². The van der Waals surface area contributed by atoms with Crippen molar-refractivity contribution in [3.05, 3.63) is 53.7 Å². The zero-order valence-electron chi connectivity index (χ0n) is 16.1. The van der Waals surface area contributed by atoms with Gasteiger partial charge in [-0.25, -0.2) is 0 Å². The average molecular weight is 391 g/mol. The first kappa shape index (κ1) is 17.7. The Labute approximate surface area is 167 Å². The number of nitrogens with one attached hydrogen (secondary N) is 1. The second-order valence-corrected chi connectivity index (χ2v) is 7.51. The minimum Gasteiger partial charge on any atom is -0.492 e. The van der Waals surface area contributed by atoms with Gasteiger partial charge in [-0.1, -0.05) is 12.1 Å². The van der Waals surface area contributed by atoms with Gasteiger partial charge < -0.3 is 9.47 Å². The van der Waals surface area contributed by atoms with Gasteiger partial charge in [-0.05, 0) is 43.5 Å². The number of fused-ring (bicyclic) bond motifs is 2. The lowest BCUT2D eigenvalue weighted by molar-refractivity contribution is 0.0448. The SMILES string of the molecule is COc1c(O[C@@H]2CCC[C@H](N3C(=O)c4ccccc4C3=O)C2)ccc2[nH]ncc12. The number of ether oxygens (including phenoxy) is 2. The molecule has 1 saturated carbocycles. The van der Waals surface area contributed by atoms with E-state index in [1.54, 1.807) is 37.6 Å². The second kappa shape index (κ2) is 6.92. The van der Waals surface area contributed by atoms with E-state index in [4.69, 9.17) is 9.47 Å². The second-order valence-electron chi connectivity index (χ2n) is 7.51. The first-order chi connectivity index (χ1) is 14.2. The molecule has 1 aliphatic carbocycles. The Morgan fingerprint density at radius 1 is 1.07 bits per heavy atom. The van der Waals surface area contributed by atoms with Crippen molar-refractivity contribution < 1.29 is 19.1 Å². The molecule has 2 aromatic carbocycles. The lowest BCUT2D eigenvalue weighted by Gasteiger charge is -2.34. The van der Waals surface area contributed by atoms with E-state index in [1.807, 2.05) is 12.1 Å². The normalized spacial score (nSPS) is 21.5. The maximum absolute atomic E-state index is 12.8. The summed E-state index contributed by atoms with van der Waals surface area (Å²) in [6.07, 6.45) is 4.77. The van der Waals surface area contributed by atoms with Crippen molar-refractivity contribution in [2.75, 3.05) is 7.11 Å². The number of hydrogen-bond acceptors (Lipinski definition) is 5. The van der Waals surface area contributed by atoms with Gasteiger partial charge in [0, 0.05) is 12.5 Å². The van der Waals surface area contributed by atoms with Crippen LogP contribution in [-0.4, -0.2) is 46.2 Å². The van der Waals surface area contributed by atoms with Crippen molar-refractivity contribution in [2.45, 2.75) is 37.8 Å². The van der Waals surface area contributed by atoms with Crippen molar-refractivity contribution >= 4 is 22.7 Å². The molecule has 2 heterocycles. The highest BCUT2D eigenvalue weighted by Gasteiger charge is 2.41. The summed E-state index contributed by atoms with van der Waals surface area (Å²) in [5, 5.41) is 7.84. The van der Waals surface area contributed by atoms with Crippen LogP contribution in [0.1, 0.15) is 46.4 Å². The summed E-state index contributed by atoms with van der Waals surface area (Å²) in [4.78, 5) is 27.1. The molecule has 1 fully saturated rings. The van der Waals surface area contributed by atoms with E-state index in [0.29, 0.717) is 29.0 Å². The molecule has 0 spiro atoms. The van der Waals surface area contributed by atoms with Gasteiger partial charge >= 0.3 is 0 Å². The van der Waals surface area contributed by atoms with E-state index in [2.05, 4.69) is 10.2 Å². The summed E-state index contributed by atoms with van der Waals surface area (Å²) in [6, 6.07) is 10.6. The predicted molar refractivity (Wildman–Crippen MR) is 106 cm³/mol. The molecule has 5 rings (SSSR count). The summed E-state index contributed by atoms with van der Waals surface area (Å²) < 4.78 is 11.8. The maximum atomic E-state index is 12.8.